The number of allylic oxidation sites excluding steroid dienone is 1. The summed E-state index contributed by atoms with van der Waals surface area (Å²) in [4.78, 5) is 3.96. The lowest BCUT2D eigenvalue weighted by molar-refractivity contribution is -0.0689. The van der Waals surface area contributed by atoms with Crippen molar-refractivity contribution in [1.82, 2.24) is 4.98 Å². The van der Waals surface area contributed by atoms with Crippen LogP contribution in [0.2, 0.25) is 0 Å². The molecular weight excluding hydrogens is 310 g/mol. The molecule has 0 amide bonds. The van der Waals surface area contributed by atoms with Crippen molar-refractivity contribution >= 4 is 5.57 Å². The van der Waals surface area contributed by atoms with Crippen molar-refractivity contribution in [2.24, 2.45) is 0 Å². The van der Waals surface area contributed by atoms with Gasteiger partial charge in [0.25, 0.3) is 0 Å². The van der Waals surface area contributed by atoms with E-state index in [0.717, 1.165) is 6.07 Å². The molecule has 0 fully saturated rings. The minimum Gasteiger partial charge on any atom is -0.386 e. The molecule has 0 saturated carbocycles. The number of halogens is 4. The highest BCUT2D eigenvalue weighted by Gasteiger charge is 2.34. The fourth-order valence-electron chi connectivity index (χ4n) is 1.95. The Labute approximate surface area is 131 Å². The van der Waals surface area contributed by atoms with Gasteiger partial charge in [0.15, 0.2) is 0 Å². The van der Waals surface area contributed by atoms with Gasteiger partial charge in [-0.05, 0) is 55.8 Å². The van der Waals surface area contributed by atoms with E-state index in [0.29, 0.717) is 5.56 Å². The number of hydrogen-bond donors (Lipinski definition) is 1. The number of hydrogen-bond acceptors (Lipinski definition) is 2. The maximum atomic E-state index is 13.0. The van der Waals surface area contributed by atoms with Gasteiger partial charge in [0.05, 0.1) is 22.6 Å². The minimum atomic E-state index is -4.63. The molecule has 0 unspecified atom stereocenters. The van der Waals surface area contributed by atoms with Crippen LogP contribution in [0.4, 0.5) is 17.6 Å². The third-order valence-electron chi connectivity index (χ3n) is 3.32. The van der Waals surface area contributed by atoms with E-state index in [2.05, 4.69) is 11.6 Å². The molecule has 0 radical (unpaired) electrons. The van der Waals surface area contributed by atoms with Gasteiger partial charge < -0.3 is 5.11 Å². The van der Waals surface area contributed by atoms with Crippen molar-refractivity contribution in [2.75, 3.05) is 0 Å². The summed E-state index contributed by atoms with van der Waals surface area (Å²) in [6, 6.07) is 7.82. The predicted molar refractivity (Wildman–Crippen MR) is 80.0 cm³/mol. The second kappa shape index (κ2) is 5.77. The smallest absolute Gasteiger partial charge is 0.386 e. The number of aromatic nitrogens is 1. The zero-order chi connectivity index (χ0) is 17.4. The Balaban J connectivity index is 2.63. The van der Waals surface area contributed by atoms with Crippen LogP contribution in [-0.2, 0) is 5.60 Å². The summed E-state index contributed by atoms with van der Waals surface area (Å²) in [5.74, 6) is -0.465. The van der Waals surface area contributed by atoms with Crippen LogP contribution in [0.3, 0.4) is 0 Å². The molecule has 122 valence electrons. The zero-order valence-electron chi connectivity index (χ0n) is 12.6. The SMILES string of the molecule is C=C(c1cc(C(C)(C)O)cc(-c2ccc(F)cc2)n1)C(F)(F)F. The molecule has 0 bridgehead atoms. The first kappa shape index (κ1) is 17.1. The minimum absolute atomic E-state index is 0.199. The summed E-state index contributed by atoms with van der Waals surface area (Å²) in [5, 5.41) is 10.1. The van der Waals surface area contributed by atoms with E-state index in [1.807, 2.05) is 0 Å². The van der Waals surface area contributed by atoms with Crippen LogP contribution in [0.15, 0.2) is 43.0 Å². The van der Waals surface area contributed by atoms with E-state index in [1.54, 1.807) is 0 Å². The Morgan fingerprint density at radius 1 is 1.09 bits per heavy atom. The van der Waals surface area contributed by atoms with Gasteiger partial charge in [0.1, 0.15) is 5.82 Å². The van der Waals surface area contributed by atoms with Crippen LogP contribution < -0.4 is 0 Å². The number of aliphatic hydroxyl groups is 1. The molecule has 23 heavy (non-hydrogen) atoms. The highest BCUT2D eigenvalue weighted by atomic mass is 19.4. The van der Waals surface area contributed by atoms with Gasteiger partial charge in [-0.25, -0.2) is 9.37 Å². The Bertz CT molecular complexity index is 728. The van der Waals surface area contributed by atoms with E-state index in [1.165, 1.54) is 44.2 Å². The lowest BCUT2D eigenvalue weighted by Crippen LogP contribution is -2.18. The Morgan fingerprint density at radius 3 is 2.13 bits per heavy atom. The molecule has 6 heteroatoms. The first-order valence-corrected chi connectivity index (χ1v) is 6.76. The summed E-state index contributed by atoms with van der Waals surface area (Å²) >= 11 is 0. The zero-order valence-corrected chi connectivity index (χ0v) is 12.6. The monoisotopic (exact) mass is 325 g/mol. The number of nitrogens with zero attached hydrogens (tertiary/aromatic N) is 1. The van der Waals surface area contributed by atoms with Gasteiger partial charge in [-0.3, -0.25) is 0 Å². The van der Waals surface area contributed by atoms with E-state index >= 15 is 0 Å². The summed E-state index contributed by atoms with van der Waals surface area (Å²) in [5.41, 5.74) is -1.95. The molecule has 0 aliphatic rings. The molecule has 1 aromatic carbocycles. The molecule has 0 atom stereocenters. The van der Waals surface area contributed by atoms with E-state index in [4.69, 9.17) is 0 Å². The second-order valence-electron chi connectivity index (χ2n) is 5.67. The summed E-state index contributed by atoms with van der Waals surface area (Å²) in [7, 11) is 0. The first-order chi connectivity index (χ1) is 10.5. The maximum absolute atomic E-state index is 13.0. The van der Waals surface area contributed by atoms with Crippen molar-refractivity contribution in [3.05, 3.63) is 60.1 Å². The molecule has 0 saturated heterocycles. The topological polar surface area (TPSA) is 33.1 Å². The van der Waals surface area contributed by atoms with Gasteiger partial charge in [-0.1, -0.05) is 6.58 Å². The molecular formula is C17H15F4NO. The largest absolute Gasteiger partial charge is 0.417 e. The number of alkyl halides is 3. The molecule has 1 N–H and O–H groups in total. The summed E-state index contributed by atoms with van der Waals surface area (Å²) < 4.78 is 51.7. The Morgan fingerprint density at radius 2 is 1.65 bits per heavy atom. The standard InChI is InChI=1S/C17H15F4NO/c1-10(17(19,20)21)14-8-12(16(2,3)23)9-15(22-14)11-4-6-13(18)7-5-11/h4-9,23H,1H2,2-3H3. The van der Waals surface area contributed by atoms with Crippen molar-refractivity contribution in [2.45, 2.75) is 25.6 Å². The Hall–Kier alpha value is -2.21. The average Bonchev–Trinajstić information content (AvgIpc) is 2.45. The van der Waals surface area contributed by atoms with E-state index in [-0.39, 0.29) is 17.0 Å². The molecule has 0 spiro atoms. The highest BCUT2D eigenvalue weighted by Crippen LogP contribution is 2.34. The number of benzene rings is 1. The van der Waals surface area contributed by atoms with Crippen LogP contribution in [0.5, 0.6) is 0 Å². The molecule has 0 aliphatic carbocycles. The van der Waals surface area contributed by atoms with Crippen LogP contribution in [0.1, 0.15) is 25.1 Å². The van der Waals surface area contributed by atoms with Crippen molar-refractivity contribution < 1.29 is 22.7 Å². The normalized spacial score (nSPS) is 12.3. The van der Waals surface area contributed by atoms with Crippen LogP contribution in [0.25, 0.3) is 16.8 Å². The first-order valence-electron chi connectivity index (χ1n) is 6.76. The van der Waals surface area contributed by atoms with Gasteiger partial charge in [0.2, 0.25) is 0 Å². The number of pyridine rings is 1. The quantitative estimate of drug-likeness (QED) is 0.831. The average molecular weight is 325 g/mol. The molecule has 1 aromatic heterocycles. The van der Waals surface area contributed by atoms with Gasteiger partial charge in [-0.15, -0.1) is 0 Å². The van der Waals surface area contributed by atoms with E-state index in [9.17, 15) is 22.7 Å². The van der Waals surface area contributed by atoms with E-state index < -0.39 is 23.2 Å². The van der Waals surface area contributed by atoms with Gasteiger partial charge >= 0.3 is 6.18 Å². The molecule has 0 aliphatic heterocycles. The third-order valence-corrected chi connectivity index (χ3v) is 3.32. The summed E-state index contributed by atoms with van der Waals surface area (Å²) in [6.45, 7) is 5.95. The van der Waals surface area contributed by atoms with Crippen molar-refractivity contribution in [3.63, 3.8) is 0 Å². The van der Waals surface area contributed by atoms with Gasteiger partial charge in [-0.2, -0.15) is 13.2 Å². The van der Waals surface area contributed by atoms with Crippen LogP contribution in [-0.4, -0.2) is 16.3 Å². The predicted octanol–water partition coefficient (Wildman–Crippen LogP) is 4.69. The molecule has 2 nitrogen and oxygen atoms in total. The van der Waals surface area contributed by atoms with Gasteiger partial charge in [0, 0.05) is 5.56 Å². The second-order valence-corrected chi connectivity index (χ2v) is 5.67. The molecule has 2 rings (SSSR count). The maximum Gasteiger partial charge on any atom is 0.417 e. The Kier molecular flexibility index (Phi) is 4.30. The third kappa shape index (κ3) is 3.96. The van der Waals surface area contributed by atoms with Crippen LogP contribution >= 0.6 is 0 Å². The van der Waals surface area contributed by atoms with Crippen molar-refractivity contribution in [3.8, 4) is 11.3 Å². The fourth-order valence-corrected chi connectivity index (χ4v) is 1.95. The highest BCUT2D eigenvalue weighted by molar-refractivity contribution is 5.69. The lowest BCUT2D eigenvalue weighted by atomic mass is 9.95. The fraction of sp³-hybridized carbons (Fsp3) is 0.235. The number of rotatable bonds is 3. The lowest BCUT2D eigenvalue weighted by Gasteiger charge is -2.21. The summed E-state index contributed by atoms with van der Waals surface area (Å²) in [6.07, 6.45) is -4.63. The molecule has 2 aromatic rings. The van der Waals surface area contributed by atoms with Crippen molar-refractivity contribution in [1.29, 1.82) is 0 Å². The van der Waals surface area contributed by atoms with Crippen LogP contribution in [0, 0.1) is 5.82 Å². The molecule has 1 heterocycles.